The topological polar surface area (TPSA) is 55.6 Å². The molecule has 2 rings (SSSR count). The Morgan fingerprint density at radius 2 is 2.27 bits per heavy atom. The zero-order valence-electron chi connectivity index (χ0n) is 8.18. The van der Waals surface area contributed by atoms with Crippen LogP contribution in [0, 0.1) is 0 Å². The second kappa shape index (κ2) is 4.39. The molecule has 0 atom stereocenters. The maximum atomic E-state index is 4.19. The van der Waals surface area contributed by atoms with Gasteiger partial charge in [-0.3, -0.25) is 4.68 Å². The number of hydrogen-bond donors (Lipinski definition) is 1. The summed E-state index contributed by atoms with van der Waals surface area (Å²) in [5, 5.41) is 7.14. The molecule has 0 saturated heterocycles. The Labute approximate surface area is 95.7 Å². The Hall–Kier alpha value is -1.43. The fourth-order valence-corrected chi connectivity index (χ4v) is 1.36. The number of aromatic nitrogens is 4. The molecule has 0 saturated carbocycles. The van der Waals surface area contributed by atoms with Crippen molar-refractivity contribution in [2.75, 3.05) is 5.32 Å². The lowest BCUT2D eigenvalue weighted by Gasteiger charge is -2.04. The SMILES string of the molecule is Cn1ncnc1CNc1ccc(Br)cn1. The molecule has 0 aromatic carbocycles. The van der Waals surface area contributed by atoms with Gasteiger partial charge in [0.1, 0.15) is 18.0 Å². The molecule has 2 aromatic rings. The van der Waals surface area contributed by atoms with E-state index in [0.717, 1.165) is 16.1 Å². The summed E-state index contributed by atoms with van der Waals surface area (Å²) in [5.41, 5.74) is 0. The highest BCUT2D eigenvalue weighted by Gasteiger charge is 2.00. The van der Waals surface area contributed by atoms with Crippen LogP contribution in [0.15, 0.2) is 29.1 Å². The van der Waals surface area contributed by atoms with Gasteiger partial charge in [-0.15, -0.1) is 0 Å². The van der Waals surface area contributed by atoms with Gasteiger partial charge in [0.15, 0.2) is 0 Å². The molecule has 5 nitrogen and oxygen atoms in total. The maximum absolute atomic E-state index is 4.19. The van der Waals surface area contributed by atoms with Crippen LogP contribution in [0.1, 0.15) is 5.82 Å². The number of pyridine rings is 1. The number of nitrogens with one attached hydrogen (secondary N) is 1. The van der Waals surface area contributed by atoms with Gasteiger partial charge in [0.05, 0.1) is 6.54 Å². The number of anilines is 1. The van der Waals surface area contributed by atoms with Crippen molar-refractivity contribution >= 4 is 21.7 Å². The molecule has 0 aliphatic heterocycles. The van der Waals surface area contributed by atoms with Crippen LogP contribution in [-0.2, 0) is 13.6 Å². The summed E-state index contributed by atoms with van der Waals surface area (Å²) >= 11 is 3.33. The molecule has 15 heavy (non-hydrogen) atoms. The second-order valence-corrected chi connectivity index (χ2v) is 3.93. The summed E-state index contributed by atoms with van der Waals surface area (Å²) in [6.07, 6.45) is 3.28. The second-order valence-electron chi connectivity index (χ2n) is 3.02. The Morgan fingerprint density at radius 1 is 1.40 bits per heavy atom. The summed E-state index contributed by atoms with van der Waals surface area (Å²) in [5.74, 6) is 1.70. The van der Waals surface area contributed by atoms with Gasteiger partial charge >= 0.3 is 0 Å². The van der Waals surface area contributed by atoms with Crippen molar-refractivity contribution in [3.8, 4) is 0 Å². The molecule has 0 unspecified atom stereocenters. The largest absolute Gasteiger partial charge is 0.363 e. The fraction of sp³-hybridized carbons (Fsp3) is 0.222. The fourth-order valence-electron chi connectivity index (χ4n) is 1.13. The van der Waals surface area contributed by atoms with E-state index in [4.69, 9.17) is 0 Å². The van der Waals surface area contributed by atoms with Crippen LogP contribution in [0.4, 0.5) is 5.82 Å². The van der Waals surface area contributed by atoms with E-state index in [2.05, 4.69) is 36.3 Å². The minimum Gasteiger partial charge on any atom is -0.363 e. The normalized spacial score (nSPS) is 10.3. The monoisotopic (exact) mass is 267 g/mol. The molecular formula is C9H10BrN5. The minimum absolute atomic E-state index is 0.616. The molecule has 0 bridgehead atoms. The smallest absolute Gasteiger partial charge is 0.145 e. The molecule has 6 heteroatoms. The molecule has 0 aliphatic carbocycles. The first-order valence-corrected chi connectivity index (χ1v) is 5.23. The lowest BCUT2D eigenvalue weighted by molar-refractivity contribution is 0.711. The van der Waals surface area contributed by atoms with Crippen LogP contribution in [0.25, 0.3) is 0 Å². The summed E-state index contributed by atoms with van der Waals surface area (Å²) in [6, 6.07) is 3.84. The van der Waals surface area contributed by atoms with Gasteiger partial charge in [0.2, 0.25) is 0 Å². The highest BCUT2D eigenvalue weighted by atomic mass is 79.9. The van der Waals surface area contributed by atoms with Crippen LogP contribution in [0.5, 0.6) is 0 Å². The van der Waals surface area contributed by atoms with Gasteiger partial charge < -0.3 is 5.32 Å². The number of rotatable bonds is 3. The highest BCUT2D eigenvalue weighted by molar-refractivity contribution is 9.10. The Morgan fingerprint density at radius 3 is 2.87 bits per heavy atom. The average Bonchev–Trinajstić information content (AvgIpc) is 2.63. The number of nitrogens with zero attached hydrogens (tertiary/aromatic N) is 4. The van der Waals surface area contributed by atoms with Crippen LogP contribution >= 0.6 is 15.9 Å². The molecular weight excluding hydrogens is 258 g/mol. The molecule has 78 valence electrons. The predicted octanol–water partition coefficient (Wildman–Crippen LogP) is 1.58. The third kappa shape index (κ3) is 2.53. The Kier molecular flexibility index (Phi) is 2.96. The van der Waals surface area contributed by atoms with Gasteiger partial charge in [-0.25, -0.2) is 9.97 Å². The van der Waals surface area contributed by atoms with Crippen molar-refractivity contribution in [1.29, 1.82) is 0 Å². The minimum atomic E-state index is 0.616. The van der Waals surface area contributed by atoms with Crippen LogP contribution < -0.4 is 5.32 Å². The lowest BCUT2D eigenvalue weighted by Crippen LogP contribution is -2.07. The zero-order chi connectivity index (χ0) is 10.7. The van der Waals surface area contributed by atoms with E-state index < -0.39 is 0 Å². The first kappa shape index (κ1) is 10.1. The Balaban J connectivity index is 1.99. The number of hydrogen-bond acceptors (Lipinski definition) is 4. The van der Waals surface area contributed by atoms with Crippen molar-refractivity contribution in [2.24, 2.45) is 7.05 Å². The summed E-state index contributed by atoms with van der Waals surface area (Å²) < 4.78 is 2.69. The molecule has 0 fully saturated rings. The summed E-state index contributed by atoms with van der Waals surface area (Å²) in [6.45, 7) is 0.616. The first-order chi connectivity index (χ1) is 7.25. The predicted molar refractivity (Wildman–Crippen MR) is 60.3 cm³/mol. The van der Waals surface area contributed by atoms with Gasteiger partial charge in [-0.1, -0.05) is 0 Å². The molecule has 0 spiro atoms. The molecule has 2 heterocycles. The van der Waals surface area contributed by atoms with Gasteiger partial charge in [-0.05, 0) is 28.1 Å². The van der Waals surface area contributed by atoms with Crippen molar-refractivity contribution in [2.45, 2.75) is 6.54 Å². The van der Waals surface area contributed by atoms with E-state index in [0.29, 0.717) is 6.54 Å². The molecule has 0 amide bonds. The highest BCUT2D eigenvalue weighted by Crippen LogP contribution is 2.10. The molecule has 0 aliphatic rings. The molecule has 1 N–H and O–H groups in total. The van der Waals surface area contributed by atoms with Gasteiger partial charge in [-0.2, -0.15) is 5.10 Å². The molecule has 2 aromatic heterocycles. The quantitative estimate of drug-likeness (QED) is 0.918. The van der Waals surface area contributed by atoms with E-state index in [9.17, 15) is 0 Å². The van der Waals surface area contributed by atoms with E-state index in [1.54, 1.807) is 10.9 Å². The Bertz CT molecular complexity index is 436. The van der Waals surface area contributed by atoms with Crippen molar-refractivity contribution in [3.63, 3.8) is 0 Å². The standard InChI is InChI=1S/C9H10BrN5/c1-15-9(13-6-14-15)5-12-8-3-2-7(10)4-11-8/h2-4,6H,5H2,1H3,(H,11,12). The lowest BCUT2D eigenvalue weighted by atomic mass is 10.4. The average molecular weight is 268 g/mol. The van der Waals surface area contributed by atoms with Crippen molar-refractivity contribution < 1.29 is 0 Å². The van der Waals surface area contributed by atoms with Crippen LogP contribution in [-0.4, -0.2) is 19.7 Å². The maximum Gasteiger partial charge on any atom is 0.145 e. The number of aryl methyl sites for hydroxylation is 1. The van der Waals surface area contributed by atoms with Crippen molar-refractivity contribution in [3.05, 3.63) is 35.0 Å². The van der Waals surface area contributed by atoms with Crippen LogP contribution in [0.2, 0.25) is 0 Å². The third-order valence-corrected chi connectivity index (χ3v) is 2.43. The molecule has 0 radical (unpaired) electrons. The zero-order valence-corrected chi connectivity index (χ0v) is 9.77. The third-order valence-electron chi connectivity index (χ3n) is 1.96. The van der Waals surface area contributed by atoms with E-state index in [-0.39, 0.29) is 0 Å². The summed E-state index contributed by atoms with van der Waals surface area (Å²) in [7, 11) is 1.86. The van der Waals surface area contributed by atoms with Crippen LogP contribution in [0.3, 0.4) is 0 Å². The summed E-state index contributed by atoms with van der Waals surface area (Å²) in [4.78, 5) is 8.29. The van der Waals surface area contributed by atoms with Crippen molar-refractivity contribution in [1.82, 2.24) is 19.7 Å². The van der Waals surface area contributed by atoms with E-state index in [1.165, 1.54) is 6.33 Å². The van der Waals surface area contributed by atoms with E-state index >= 15 is 0 Å². The number of halogens is 1. The van der Waals surface area contributed by atoms with E-state index in [1.807, 2.05) is 19.2 Å². The van der Waals surface area contributed by atoms with Gasteiger partial charge in [0.25, 0.3) is 0 Å². The first-order valence-electron chi connectivity index (χ1n) is 4.44. The van der Waals surface area contributed by atoms with Gasteiger partial charge in [0, 0.05) is 17.7 Å².